The number of hydrogen-bond donors (Lipinski definition) is 3. The standard InChI is InChI=1S/C26H26N4O4S/c1-17-13-22(25(31)14-18(17)2)23-15-24(29-28-23)26(32)27-20-9-11-21(12-10-20)35(33,34)30(3)16-19-7-5-4-6-8-19/h4-15,31H,16H2,1-3H3,(H,27,32)(H,28,29). The number of hydrogen-bond acceptors (Lipinski definition) is 5. The Balaban J connectivity index is 1.45. The van der Waals surface area contributed by atoms with Gasteiger partial charge in [-0.2, -0.15) is 9.40 Å². The van der Waals surface area contributed by atoms with Gasteiger partial charge in [-0.3, -0.25) is 9.89 Å². The second-order valence-electron chi connectivity index (χ2n) is 8.35. The lowest BCUT2D eigenvalue weighted by molar-refractivity contribution is 0.102. The first kappa shape index (κ1) is 24.2. The molecule has 0 radical (unpaired) electrons. The fraction of sp³-hybridized carbons (Fsp3) is 0.154. The van der Waals surface area contributed by atoms with Gasteiger partial charge in [-0.25, -0.2) is 8.42 Å². The number of carbonyl (C=O) groups is 1. The normalized spacial score (nSPS) is 11.5. The van der Waals surface area contributed by atoms with E-state index in [1.807, 2.05) is 50.2 Å². The van der Waals surface area contributed by atoms with Gasteiger partial charge in [0.15, 0.2) is 0 Å². The van der Waals surface area contributed by atoms with Crippen LogP contribution in [0.5, 0.6) is 5.75 Å². The Labute approximate surface area is 204 Å². The minimum Gasteiger partial charge on any atom is -0.507 e. The van der Waals surface area contributed by atoms with Crippen LogP contribution in [0.25, 0.3) is 11.3 Å². The van der Waals surface area contributed by atoms with Crippen molar-refractivity contribution in [3.63, 3.8) is 0 Å². The first-order valence-corrected chi connectivity index (χ1v) is 12.4. The van der Waals surface area contributed by atoms with Gasteiger partial charge in [-0.1, -0.05) is 30.3 Å². The Bertz CT molecular complexity index is 1460. The van der Waals surface area contributed by atoms with Gasteiger partial charge in [0.2, 0.25) is 10.0 Å². The number of H-pyrrole nitrogens is 1. The molecule has 9 heteroatoms. The van der Waals surface area contributed by atoms with Crippen LogP contribution in [0.15, 0.2) is 77.7 Å². The van der Waals surface area contributed by atoms with Crippen molar-refractivity contribution < 1.29 is 18.3 Å². The third kappa shape index (κ3) is 5.26. The third-order valence-corrected chi connectivity index (χ3v) is 7.60. The molecular weight excluding hydrogens is 464 g/mol. The number of amides is 1. The van der Waals surface area contributed by atoms with Crippen molar-refractivity contribution in [2.45, 2.75) is 25.3 Å². The van der Waals surface area contributed by atoms with Gasteiger partial charge >= 0.3 is 0 Å². The van der Waals surface area contributed by atoms with Crippen LogP contribution in [0.3, 0.4) is 0 Å². The molecular formula is C26H26N4O4S. The van der Waals surface area contributed by atoms with E-state index in [-0.39, 0.29) is 22.9 Å². The van der Waals surface area contributed by atoms with Crippen molar-refractivity contribution >= 4 is 21.6 Å². The molecule has 3 aromatic carbocycles. The molecule has 0 bridgehead atoms. The number of anilines is 1. The number of nitrogens with one attached hydrogen (secondary N) is 2. The van der Waals surface area contributed by atoms with Crippen LogP contribution in [-0.2, 0) is 16.6 Å². The van der Waals surface area contributed by atoms with E-state index in [0.29, 0.717) is 16.9 Å². The fourth-order valence-electron chi connectivity index (χ4n) is 3.60. The molecule has 8 nitrogen and oxygen atoms in total. The van der Waals surface area contributed by atoms with E-state index in [1.165, 1.54) is 35.6 Å². The van der Waals surface area contributed by atoms with E-state index in [0.717, 1.165) is 16.7 Å². The van der Waals surface area contributed by atoms with Gasteiger partial charge in [0.1, 0.15) is 11.4 Å². The second kappa shape index (κ2) is 9.73. The molecule has 0 unspecified atom stereocenters. The lowest BCUT2D eigenvalue weighted by Gasteiger charge is -2.17. The highest BCUT2D eigenvalue weighted by Crippen LogP contribution is 2.31. The summed E-state index contributed by atoms with van der Waals surface area (Å²) in [7, 11) is -2.16. The van der Waals surface area contributed by atoms with E-state index in [4.69, 9.17) is 0 Å². The summed E-state index contributed by atoms with van der Waals surface area (Å²) in [4.78, 5) is 12.8. The van der Waals surface area contributed by atoms with Crippen LogP contribution in [-0.4, -0.2) is 41.0 Å². The van der Waals surface area contributed by atoms with E-state index < -0.39 is 15.9 Å². The summed E-state index contributed by atoms with van der Waals surface area (Å²) in [6.07, 6.45) is 0. The molecule has 4 aromatic rings. The van der Waals surface area contributed by atoms with Crippen LogP contribution in [0.4, 0.5) is 5.69 Å². The number of aromatic nitrogens is 2. The van der Waals surface area contributed by atoms with Crippen molar-refractivity contribution in [2.75, 3.05) is 12.4 Å². The van der Waals surface area contributed by atoms with Crippen LogP contribution in [0.1, 0.15) is 27.2 Å². The second-order valence-corrected chi connectivity index (χ2v) is 10.4. The number of benzene rings is 3. The molecule has 1 amide bonds. The Kier molecular flexibility index (Phi) is 6.72. The lowest BCUT2D eigenvalue weighted by atomic mass is 10.0. The number of rotatable bonds is 7. The lowest BCUT2D eigenvalue weighted by Crippen LogP contribution is -2.26. The van der Waals surface area contributed by atoms with E-state index in [1.54, 1.807) is 12.1 Å². The quantitative estimate of drug-likeness (QED) is 0.353. The maximum absolute atomic E-state index is 12.9. The van der Waals surface area contributed by atoms with Crippen molar-refractivity contribution in [1.82, 2.24) is 14.5 Å². The topological polar surface area (TPSA) is 115 Å². The number of aromatic amines is 1. The van der Waals surface area contributed by atoms with Crippen molar-refractivity contribution in [1.29, 1.82) is 0 Å². The zero-order valence-corrected chi connectivity index (χ0v) is 20.4. The molecule has 3 N–H and O–H groups in total. The minimum absolute atomic E-state index is 0.0839. The van der Waals surface area contributed by atoms with Crippen molar-refractivity contribution in [2.24, 2.45) is 0 Å². The maximum Gasteiger partial charge on any atom is 0.273 e. The summed E-state index contributed by atoms with van der Waals surface area (Å²) in [5, 5.41) is 19.8. The molecule has 0 spiro atoms. The maximum atomic E-state index is 12.9. The Morgan fingerprint density at radius 1 is 1.00 bits per heavy atom. The van der Waals surface area contributed by atoms with Gasteiger partial charge in [0.25, 0.3) is 5.91 Å². The molecule has 0 saturated heterocycles. The summed E-state index contributed by atoms with van der Waals surface area (Å²) in [6, 6.07) is 20.3. The van der Waals surface area contributed by atoms with Crippen LogP contribution in [0.2, 0.25) is 0 Å². The molecule has 0 atom stereocenters. The molecule has 0 saturated carbocycles. The molecule has 0 fully saturated rings. The first-order valence-electron chi connectivity index (χ1n) is 10.9. The number of nitrogens with zero attached hydrogens (tertiary/aromatic N) is 2. The molecule has 1 aromatic heterocycles. The van der Waals surface area contributed by atoms with Crippen molar-refractivity contribution in [3.8, 4) is 17.0 Å². The van der Waals surface area contributed by atoms with E-state index in [9.17, 15) is 18.3 Å². The van der Waals surface area contributed by atoms with Crippen LogP contribution < -0.4 is 5.32 Å². The minimum atomic E-state index is -3.69. The van der Waals surface area contributed by atoms with Crippen LogP contribution >= 0.6 is 0 Å². The number of phenolic OH excluding ortho intramolecular Hbond substituents is 1. The van der Waals surface area contributed by atoms with Gasteiger partial charge < -0.3 is 10.4 Å². The van der Waals surface area contributed by atoms with Gasteiger partial charge in [0, 0.05) is 24.8 Å². The Hall–Kier alpha value is -3.95. The van der Waals surface area contributed by atoms with Gasteiger partial charge in [0.05, 0.1) is 10.6 Å². The van der Waals surface area contributed by atoms with E-state index >= 15 is 0 Å². The summed E-state index contributed by atoms with van der Waals surface area (Å²) in [6.45, 7) is 4.09. The first-order chi connectivity index (χ1) is 16.6. The smallest absolute Gasteiger partial charge is 0.273 e. The van der Waals surface area contributed by atoms with Gasteiger partial charge in [-0.05, 0) is 73.0 Å². The number of phenols is 1. The highest BCUT2D eigenvalue weighted by atomic mass is 32.2. The van der Waals surface area contributed by atoms with Gasteiger partial charge in [-0.15, -0.1) is 0 Å². The Morgan fingerprint density at radius 2 is 1.66 bits per heavy atom. The number of aromatic hydroxyl groups is 1. The summed E-state index contributed by atoms with van der Waals surface area (Å²) >= 11 is 0. The third-order valence-electron chi connectivity index (χ3n) is 5.78. The summed E-state index contributed by atoms with van der Waals surface area (Å²) in [5.74, 6) is -0.357. The Morgan fingerprint density at radius 3 is 2.34 bits per heavy atom. The SMILES string of the molecule is Cc1cc(O)c(-c2cc(C(=O)Nc3ccc(S(=O)(=O)N(C)Cc4ccccc4)cc3)[nH]n2)cc1C. The van der Waals surface area contributed by atoms with Crippen molar-refractivity contribution in [3.05, 3.63) is 95.2 Å². The summed E-state index contributed by atoms with van der Waals surface area (Å²) < 4.78 is 27.1. The molecule has 180 valence electrons. The zero-order chi connectivity index (χ0) is 25.2. The predicted octanol–water partition coefficient (Wildman–Crippen LogP) is 4.47. The molecule has 0 aliphatic heterocycles. The monoisotopic (exact) mass is 490 g/mol. The average molecular weight is 491 g/mol. The predicted molar refractivity (Wildman–Crippen MR) is 135 cm³/mol. The zero-order valence-electron chi connectivity index (χ0n) is 19.6. The number of carbonyl (C=O) groups excluding carboxylic acids is 1. The molecule has 0 aliphatic rings. The van der Waals surface area contributed by atoms with Crippen LogP contribution in [0, 0.1) is 13.8 Å². The van der Waals surface area contributed by atoms with E-state index in [2.05, 4.69) is 15.5 Å². The molecule has 4 rings (SSSR count). The molecule has 1 heterocycles. The fourth-order valence-corrected chi connectivity index (χ4v) is 4.76. The molecule has 0 aliphatic carbocycles. The average Bonchev–Trinajstić information content (AvgIpc) is 3.32. The highest BCUT2D eigenvalue weighted by Gasteiger charge is 2.21. The summed E-state index contributed by atoms with van der Waals surface area (Å²) in [5.41, 5.74) is 4.45. The number of sulfonamides is 1. The number of aryl methyl sites for hydroxylation is 2. The molecule has 35 heavy (non-hydrogen) atoms. The largest absolute Gasteiger partial charge is 0.507 e. The highest BCUT2D eigenvalue weighted by molar-refractivity contribution is 7.89.